The van der Waals surface area contributed by atoms with Crippen molar-refractivity contribution in [1.29, 1.82) is 0 Å². The lowest BCUT2D eigenvalue weighted by atomic mass is 10.0. The molecule has 0 radical (unpaired) electrons. The molecule has 0 spiro atoms. The summed E-state index contributed by atoms with van der Waals surface area (Å²) in [6.45, 7) is 8.45. The first-order chi connectivity index (χ1) is 9.86. The molecule has 0 bridgehead atoms. The number of para-hydroxylation sites is 1. The Bertz CT molecular complexity index is 551. The van der Waals surface area contributed by atoms with Gasteiger partial charge in [0.1, 0.15) is 5.54 Å². The molecule has 2 amide bonds. The smallest absolute Gasteiger partial charge is 0.254 e. The number of hydrogen-bond donors (Lipinski definition) is 1. The molecule has 0 saturated heterocycles. The van der Waals surface area contributed by atoms with Gasteiger partial charge in [-0.05, 0) is 38.3 Å². The van der Waals surface area contributed by atoms with Gasteiger partial charge >= 0.3 is 0 Å². The lowest BCUT2D eigenvalue weighted by Gasteiger charge is -2.31. The van der Waals surface area contributed by atoms with Crippen molar-refractivity contribution in [1.82, 2.24) is 5.32 Å². The number of fused-ring (bicyclic) bond motifs is 1. The Labute approximate surface area is 126 Å². The van der Waals surface area contributed by atoms with Crippen LogP contribution in [-0.2, 0) is 4.79 Å². The molecule has 0 aliphatic carbocycles. The molecule has 1 N–H and O–H groups in total. The largest absolute Gasteiger partial charge is 0.338 e. The zero-order valence-electron chi connectivity index (χ0n) is 13.3. The molecule has 1 aliphatic rings. The van der Waals surface area contributed by atoms with E-state index in [1.165, 1.54) is 0 Å². The summed E-state index contributed by atoms with van der Waals surface area (Å²) >= 11 is 0. The van der Waals surface area contributed by atoms with Gasteiger partial charge in [-0.3, -0.25) is 9.59 Å². The van der Waals surface area contributed by atoms with E-state index in [0.29, 0.717) is 23.7 Å². The Morgan fingerprint density at radius 1 is 1.24 bits per heavy atom. The van der Waals surface area contributed by atoms with E-state index in [-0.39, 0.29) is 11.8 Å². The molecule has 1 heterocycles. The quantitative estimate of drug-likeness (QED) is 0.926. The van der Waals surface area contributed by atoms with E-state index >= 15 is 0 Å². The van der Waals surface area contributed by atoms with Crippen molar-refractivity contribution < 1.29 is 9.59 Å². The van der Waals surface area contributed by atoms with Crippen molar-refractivity contribution in [3.05, 3.63) is 29.8 Å². The first-order valence-corrected chi connectivity index (χ1v) is 7.60. The van der Waals surface area contributed by atoms with E-state index in [1.54, 1.807) is 24.8 Å². The van der Waals surface area contributed by atoms with Crippen molar-refractivity contribution in [3.63, 3.8) is 0 Å². The van der Waals surface area contributed by atoms with E-state index in [4.69, 9.17) is 0 Å². The molecule has 21 heavy (non-hydrogen) atoms. The topological polar surface area (TPSA) is 49.4 Å². The predicted molar refractivity (Wildman–Crippen MR) is 84.4 cm³/mol. The van der Waals surface area contributed by atoms with Gasteiger partial charge in [0.05, 0.1) is 11.3 Å². The predicted octanol–water partition coefficient (Wildman–Crippen LogP) is 2.98. The fourth-order valence-electron chi connectivity index (χ4n) is 2.83. The van der Waals surface area contributed by atoms with Crippen LogP contribution in [0, 0.1) is 5.92 Å². The third-order valence-corrected chi connectivity index (χ3v) is 3.92. The van der Waals surface area contributed by atoms with E-state index in [1.807, 2.05) is 18.2 Å². The zero-order chi connectivity index (χ0) is 15.6. The number of rotatable bonds is 4. The maximum atomic E-state index is 12.8. The Hall–Kier alpha value is -1.84. The van der Waals surface area contributed by atoms with Crippen LogP contribution >= 0.6 is 0 Å². The second kappa shape index (κ2) is 5.88. The van der Waals surface area contributed by atoms with Crippen LogP contribution in [0.3, 0.4) is 0 Å². The van der Waals surface area contributed by atoms with Gasteiger partial charge in [0.15, 0.2) is 0 Å². The van der Waals surface area contributed by atoms with Gasteiger partial charge in [0.25, 0.3) is 11.8 Å². The molecule has 4 heteroatoms. The van der Waals surface area contributed by atoms with Crippen LogP contribution < -0.4 is 10.2 Å². The summed E-state index contributed by atoms with van der Waals surface area (Å²) in [5, 5.41) is 2.83. The van der Waals surface area contributed by atoms with Gasteiger partial charge in [-0.25, -0.2) is 0 Å². The normalized spacial score (nSPS) is 18.8. The first-order valence-electron chi connectivity index (χ1n) is 7.60. The maximum absolute atomic E-state index is 12.8. The molecule has 114 valence electrons. The molecule has 1 atom stereocenters. The summed E-state index contributed by atoms with van der Waals surface area (Å²) in [5.74, 6) is 0.161. The highest BCUT2D eigenvalue weighted by molar-refractivity contribution is 6.12. The Morgan fingerprint density at radius 3 is 2.57 bits per heavy atom. The van der Waals surface area contributed by atoms with Gasteiger partial charge in [-0.1, -0.05) is 32.4 Å². The van der Waals surface area contributed by atoms with E-state index < -0.39 is 5.54 Å². The minimum absolute atomic E-state index is 0.0521. The lowest BCUT2D eigenvalue weighted by Crippen LogP contribution is -2.54. The molecule has 0 fully saturated rings. The lowest BCUT2D eigenvalue weighted by molar-refractivity contribution is -0.123. The molecule has 1 unspecified atom stereocenters. The summed E-state index contributed by atoms with van der Waals surface area (Å²) in [6.07, 6.45) is 2.15. The Kier molecular flexibility index (Phi) is 4.35. The number of amides is 2. The van der Waals surface area contributed by atoms with Crippen molar-refractivity contribution in [2.24, 2.45) is 5.92 Å². The third-order valence-electron chi connectivity index (χ3n) is 3.92. The van der Waals surface area contributed by atoms with Crippen LogP contribution in [0.2, 0.25) is 0 Å². The highest BCUT2D eigenvalue weighted by Crippen LogP contribution is 2.28. The molecule has 1 aliphatic heterocycles. The van der Waals surface area contributed by atoms with E-state index in [9.17, 15) is 9.59 Å². The van der Waals surface area contributed by atoms with Crippen LogP contribution in [0.25, 0.3) is 0 Å². The molecular formula is C17H24N2O2. The van der Waals surface area contributed by atoms with Crippen molar-refractivity contribution in [2.75, 3.05) is 11.4 Å². The summed E-state index contributed by atoms with van der Waals surface area (Å²) in [5.41, 5.74) is 0.399. The van der Waals surface area contributed by atoms with E-state index in [0.717, 1.165) is 12.8 Å². The Balaban J connectivity index is 2.44. The molecule has 4 nitrogen and oxygen atoms in total. The van der Waals surface area contributed by atoms with Gasteiger partial charge in [0.2, 0.25) is 0 Å². The molecule has 1 aromatic rings. The van der Waals surface area contributed by atoms with Gasteiger partial charge in [-0.15, -0.1) is 0 Å². The average Bonchev–Trinajstić information content (AvgIpc) is 2.49. The monoisotopic (exact) mass is 288 g/mol. The van der Waals surface area contributed by atoms with Crippen molar-refractivity contribution in [2.45, 2.75) is 46.1 Å². The van der Waals surface area contributed by atoms with E-state index in [2.05, 4.69) is 19.2 Å². The summed E-state index contributed by atoms with van der Waals surface area (Å²) in [4.78, 5) is 26.9. The minimum Gasteiger partial charge on any atom is -0.338 e. The number of anilines is 1. The highest BCUT2D eigenvalue weighted by atomic mass is 16.2. The number of nitrogens with one attached hydrogen (secondary N) is 1. The second-order valence-electron chi connectivity index (χ2n) is 6.41. The minimum atomic E-state index is -0.887. The number of hydrogen-bond acceptors (Lipinski definition) is 2. The summed E-state index contributed by atoms with van der Waals surface area (Å²) < 4.78 is 0. The first kappa shape index (κ1) is 15.5. The van der Waals surface area contributed by atoms with Crippen LogP contribution in [0.15, 0.2) is 24.3 Å². The van der Waals surface area contributed by atoms with Crippen LogP contribution in [0.1, 0.15) is 50.9 Å². The zero-order valence-corrected chi connectivity index (χ0v) is 13.3. The maximum Gasteiger partial charge on any atom is 0.254 e. The third kappa shape index (κ3) is 3.09. The van der Waals surface area contributed by atoms with Gasteiger partial charge in [0, 0.05) is 6.54 Å². The number of carbonyl (C=O) groups is 2. The molecule has 2 rings (SSSR count). The van der Waals surface area contributed by atoms with Crippen molar-refractivity contribution >= 4 is 17.5 Å². The Morgan fingerprint density at radius 2 is 1.90 bits per heavy atom. The van der Waals surface area contributed by atoms with Gasteiger partial charge < -0.3 is 10.2 Å². The highest BCUT2D eigenvalue weighted by Gasteiger charge is 2.39. The van der Waals surface area contributed by atoms with Crippen LogP contribution in [-0.4, -0.2) is 23.9 Å². The van der Waals surface area contributed by atoms with Gasteiger partial charge in [-0.2, -0.15) is 0 Å². The standard InChI is InChI=1S/C17H24N2O2/c1-5-8-12(2)11-19-14-10-7-6-9-13(14)15(20)18-17(3,4)16(19)21/h6-7,9-10,12H,5,8,11H2,1-4H3,(H,18,20). The average molecular weight is 288 g/mol. The van der Waals surface area contributed by atoms with Crippen LogP contribution in [0.5, 0.6) is 0 Å². The van der Waals surface area contributed by atoms with Crippen molar-refractivity contribution in [3.8, 4) is 0 Å². The molecule has 1 aromatic carbocycles. The number of benzene rings is 1. The fraction of sp³-hybridized carbons (Fsp3) is 0.529. The SMILES string of the molecule is CCCC(C)CN1C(=O)C(C)(C)NC(=O)c2ccccc21. The molecule has 0 aromatic heterocycles. The summed E-state index contributed by atoms with van der Waals surface area (Å²) in [6, 6.07) is 7.33. The summed E-state index contributed by atoms with van der Waals surface area (Å²) in [7, 11) is 0. The molecule has 0 saturated carbocycles. The molecular weight excluding hydrogens is 264 g/mol. The second-order valence-corrected chi connectivity index (χ2v) is 6.41. The fourth-order valence-corrected chi connectivity index (χ4v) is 2.83. The van der Waals surface area contributed by atoms with Crippen LogP contribution in [0.4, 0.5) is 5.69 Å². The number of carbonyl (C=O) groups excluding carboxylic acids is 2. The number of nitrogens with zero attached hydrogens (tertiary/aromatic N) is 1.